The molecule has 254 valence electrons. The summed E-state index contributed by atoms with van der Waals surface area (Å²) in [6.07, 6.45) is 14.8. The lowest BCUT2D eigenvalue weighted by Gasteiger charge is -2.54. The van der Waals surface area contributed by atoms with Crippen molar-refractivity contribution < 1.29 is 4.70 Å². The summed E-state index contributed by atoms with van der Waals surface area (Å²) in [5, 5.41) is 3.82. The molecule has 3 aliphatic carbocycles. The first kappa shape index (κ1) is 29.4. The molecule has 2 atom stereocenters. The lowest BCUT2D eigenvalue weighted by atomic mass is 9.61. The summed E-state index contributed by atoms with van der Waals surface area (Å²) < 4.78 is 1.54. The molecule has 0 radical (unpaired) electrons. The molecule has 2 unspecified atom stereocenters. The monoisotopic (exact) mass is 696 g/mol. The Balaban J connectivity index is 0.000000193. The summed E-state index contributed by atoms with van der Waals surface area (Å²) in [5.41, 5.74) is 18.9. The molecule has 54 heavy (non-hydrogen) atoms. The van der Waals surface area contributed by atoms with E-state index in [1.54, 1.807) is 0 Å². The number of hydrogen-bond acceptors (Lipinski definition) is 6. The molecule has 10 heteroatoms. The van der Waals surface area contributed by atoms with E-state index in [9.17, 15) is 5.53 Å². The minimum atomic E-state index is -0.182. The highest BCUT2D eigenvalue weighted by molar-refractivity contribution is 6.06. The molecule has 10 nitrogen and oxygen atoms in total. The predicted octanol–water partition coefficient (Wildman–Crippen LogP) is 9.17. The maximum atomic E-state index is 10.2. The fourth-order valence-electron chi connectivity index (χ4n) is 8.91. The number of nitrogens with zero attached hydrogens (tertiary/aromatic N) is 8. The van der Waals surface area contributed by atoms with Crippen LogP contribution in [0.3, 0.4) is 0 Å². The average molecular weight is 697 g/mol. The number of fused-ring (bicyclic) bond motifs is 20. The molecule has 2 spiro atoms. The summed E-state index contributed by atoms with van der Waals surface area (Å²) in [7, 11) is 0. The van der Waals surface area contributed by atoms with E-state index in [0.29, 0.717) is 45.9 Å². The number of H-pyrrole nitrogens is 2. The minimum Gasteiger partial charge on any atom is -0.505 e. The molecule has 2 N–H and O–H groups in total. The molecule has 4 aliphatic heterocycles. The summed E-state index contributed by atoms with van der Waals surface area (Å²) >= 11 is 0. The summed E-state index contributed by atoms with van der Waals surface area (Å²) in [6, 6.07) is 32.2. The molecular weight excluding hydrogens is 669 g/mol. The van der Waals surface area contributed by atoms with Crippen LogP contribution in [-0.2, 0) is 0 Å². The van der Waals surface area contributed by atoms with Crippen molar-refractivity contribution >= 4 is 44.1 Å². The van der Waals surface area contributed by atoms with Crippen molar-refractivity contribution in [2.24, 2.45) is 0 Å². The van der Waals surface area contributed by atoms with Gasteiger partial charge >= 0.3 is 0 Å². The lowest BCUT2D eigenvalue weighted by molar-refractivity contribution is -0.722. The van der Waals surface area contributed by atoms with E-state index >= 15 is 0 Å². The summed E-state index contributed by atoms with van der Waals surface area (Å²) in [4.78, 5) is 36.8. The van der Waals surface area contributed by atoms with Crippen molar-refractivity contribution in [3.8, 4) is 45.6 Å². The van der Waals surface area contributed by atoms with Crippen LogP contribution in [0.2, 0.25) is 0 Å². The van der Waals surface area contributed by atoms with Gasteiger partial charge in [0.2, 0.25) is 5.54 Å². The molecule has 3 aromatic heterocycles. The first-order chi connectivity index (χ1) is 26.6. The van der Waals surface area contributed by atoms with Crippen LogP contribution in [0.4, 0.5) is 0 Å². The zero-order valence-corrected chi connectivity index (χ0v) is 28.7. The third-order valence-electron chi connectivity index (χ3n) is 11.5. The minimum absolute atomic E-state index is 0.147. The second-order valence-corrected chi connectivity index (χ2v) is 14.4. The van der Waals surface area contributed by atoms with Gasteiger partial charge in [-0.2, -0.15) is 0 Å². The third kappa shape index (κ3) is 3.88. The Labute approximate surface area is 307 Å². The van der Waals surface area contributed by atoms with Crippen molar-refractivity contribution in [2.75, 3.05) is 0 Å². The second-order valence-electron chi connectivity index (χ2n) is 14.4. The SMILES string of the molecule is [N-]=[N+]1C23C=CC=C2C=C2CC=CC21C3.c1ccc2c(c1)-c1nc-2nc2[nH]c(nc3nc(nc4[nH]c(n1)c1ccccc41)-c1ccccc1-3)c1ccccc21. The highest BCUT2D eigenvalue weighted by Crippen LogP contribution is 2.59. The Morgan fingerprint density at radius 3 is 1.37 bits per heavy atom. The third-order valence-corrected chi connectivity index (χ3v) is 11.5. The Morgan fingerprint density at radius 2 is 0.944 bits per heavy atom. The van der Waals surface area contributed by atoms with Gasteiger partial charge in [0, 0.05) is 54.9 Å². The van der Waals surface area contributed by atoms with Crippen LogP contribution in [0, 0.1) is 0 Å². The average Bonchev–Trinajstić information content (AvgIpc) is 4.07. The molecule has 14 rings (SSSR count). The van der Waals surface area contributed by atoms with E-state index in [2.05, 4.69) is 40.3 Å². The van der Waals surface area contributed by atoms with Crippen molar-refractivity contribution in [3.63, 3.8) is 0 Å². The first-order valence-corrected chi connectivity index (χ1v) is 18.1. The van der Waals surface area contributed by atoms with Crippen molar-refractivity contribution in [3.05, 3.63) is 150 Å². The van der Waals surface area contributed by atoms with Gasteiger partial charge < -0.3 is 15.5 Å². The fourth-order valence-corrected chi connectivity index (χ4v) is 8.91. The van der Waals surface area contributed by atoms with E-state index < -0.39 is 0 Å². The van der Waals surface area contributed by atoms with Crippen LogP contribution in [0.5, 0.6) is 0 Å². The number of nitrogens with one attached hydrogen (secondary N) is 2. The zero-order valence-electron chi connectivity index (χ0n) is 28.7. The summed E-state index contributed by atoms with van der Waals surface area (Å²) in [5.74, 6) is 2.39. The fraction of sp³-hybridized carbons (Fsp3) is 0.0909. The van der Waals surface area contributed by atoms with E-state index in [1.807, 2.05) is 103 Å². The maximum absolute atomic E-state index is 10.2. The molecule has 1 fully saturated rings. The van der Waals surface area contributed by atoms with E-state index in [-0.39, 0.29) is 11.1 Å². The second kappa shape index (κ2) is 10.4. The number of benzene rings is 4. The zero-order chi connectivity index (χ0) is 35.6. The molecule has 7 aliphatic rings. The van der Waals surface area contributed by atoms with Gasteiger partial charge in [-0.25, -0.2) is 29.9 Å². The Morgan fingerprint density at radius 1 is 0.519 bits per heavy atom. The van der Waals surface area contributed by atoms with Crippen molar-refractivity contribution in [2.45, 2.75) is 23.9 Å². The van der Waals surface area contributed by atoms with Crippen LogP contribution in [0.1, 0.15) is 12.8 Å². The quantitative estimate of drug-likeness (QED) is 0.120. The van der Waals surface area contributed by atoms with Crippen LogP contribution in [0.25, 0.3) is 95.2 Å². The predicted molar refractivity (Wildman–Crippen MR) is 209 cm³/mol. The standard InChI is InChI=1S/C32H18N8.C12H10N2/c1-2-10-18-17(9-1)25-33-26(18)38-28-21-13-5-6-14-22(21)30(35-28)40-32-24-16-8-7-15-23(24)31(36-32)39-29-20-12-4-3-11-19(20)27(34-29)37-25;13-14-11-5-1-3-9(11)7-10-4-2-6-12(10,14)8-11/h1-16H,(H2,33,34,35,36,37,38,39,40);1-3,5-7H,4,8H2. The Hall–Kier alpha value is -7.20. The molecule has 7 heterocycles. The van der Waals surface area contributed by atoms with Crippen molar-refractivity contribution in [1.29, 1.82) is 0 Å². The van der Waals surface area contributed by atoms with Gasteiger partial charge in [-0.05, 0) is 24.6 Å². The first-order valence-electron chi connectivity index (χ1n) is 18.1. The normalized spacial score (nSPS) is 20.7. The molecule has 7 aromatic rings. The lowest BCUT2D eigenvalue weighted by Crippen LogP contribution is -2.68. The topological polar surface area (TPSA) is 134 Å². The molecule has 0 saturated carbocycles. The van der Waals surface area contributed by atoms with Crippen LogP contribution < -0.4 is 0 Å². The van der Waals surface area contributed by atoms with Crippen LogP contribution >= 0.6 is 0 Å². The van der Waals surface area contributed by atoms with E-state index in [1.165, 1.54) is 15.8 Å². The Bertz CT molecular complexity index is 2840. The van der Waals surface area contributed by atoms with E-state index in [0.717, 1.165) is 56.6 Å². The Kier molecular flexibility index (Phi) is 5.69. The number of hydrogen-bond donors (Lipinski definition) is 2. The van der Waals surface area contributed by atoms with Crippen molar-refractivity contribution in [1.82, 2.24) is 39.9 Å². The van der Waals surface area contributed by atoms with Crippen LogP contribution in [0.15, 0.2) is 145 Å². The number of aromatic nitrogens is 8. The number of allylic oxidation sites excluding steroid dienone is 3. The molecule has 10 bridgehead atoms. The van der Waals surface area contributed by atoms with Gasteiger partial charge in [0.1, 0.15) is 22.6 Å². The largest absolute Gasteiger partial charge is 0.505 e. The van der Waals surface area contributed by atoms with Gasteiger partial charge in [0.05, 0.1) is 6.42 Å². The van der Waals surface area contributed by atoms with E-state index in [4.69, 9.17) is 29.9 Å². The smallest absolute Gasteiger partial charge is 0.204 e. The van der Waals surface area contributed by atoms with Gasteiger partial charge in [0.25, 0.3) is 0 Å². The number of aromatic amines is 2. The molecule has 1 saturated heterocycles. The number of rotatable bonds is 0. The molecule has 0 amide bonds. The maximum Gasteiger partial charge on any atom is 0.204 e. The highest BCUT2D eigenvalue weighted by atomic mass is 15.4. The highest BCUT2D eigenvalue weighted by Gasteiger charge is 2.69. The van der Waals surface area contributed by atoms with Gasteiger partial charge in [-0.15, -0.1) is 0 Å². The van der Waals surface area contributed by atoms with Gasteiger partial charge in [0.15, 0.2) is 28.8 Å². The molecule has 4 aromatic carbocycles. The van der Waals surface area contributed by atoms with Gasteiger partial charge in [-0.3, -0.25) is 4.70 Å². The summed E-state index contributed by atoms with van der Waals surface area (Å²) in [6.45, 7) is 0. The van der Waals surface area contributed by atoms with Gasteiger partial charge in [-0.1, -0.05) is 115 Å². The molecular formula is C44H28N10. The van der Waals surface area contributed by atoms with Crippen LogP contribution in [-0.4, -0.2) is 55.6 Å².